The standard InChI is InChI=1S/C59H109NO13/c1-5-9-13-18-26-36-54(62)68-46-52(47-69-55(63)37-27-19-14-10-6-2)50-72-58(66)40-30-24-33-43-60(42-32-22-17-23-35-45-61)44-34-25-31-41-59(67)73-51-53(48-70-56(64)38-28-20-15-11-7-3)49-71-57(65)39-29-21-16-12-8-4/h52-53,61H,5-51H2,1-4H3. The van der Waals surface area contributed by atoms with Crippen molar-refractivity contribution < 1.29 is 62.3 Å². The molecule has 0 saturated heterocycles. The van der Waals surface area contributed by atoms with E-state index in [1.165, 1.54) is 0 Å². The van der Waals surface area contributed by atoms with Crippen molar-refractivity contribution in [3.63, 3.8) is 0 Å². The number of rotatable bonds is 55. The Balaban J connectivity index is 4.99. The van der Waals surface area contributed by atoms with Crippen LogP contribution in [-0.2, 0) is 57.2 Å². The highest BCUT2D eigenvalue weighted by Crippen LogP contribution is 2.15. The number of ether oxygens (including phenoxy) is 6. The van der Waals surface area contributed by atoms with Crippen molar-refractivity contribution >= 4 is 35.8 Å². The molecule has 0 saturated carbocycles. The molecule has 0 atom stereocenters. The minimum Gasteiger partial charge on any atom is -0.465 e. The highest BCUT2D eigenvalue weighted by atomic mass is 16.6. The number of nitrogens with zero attached hydrogens (tertiary/aromatic N) is 1. The lowest BCUT2D eigenvalue weighted by Crippen LogP contribution is -2.27. The molecule has 0 spiro atoms. The molecule has 0 aliphatic heterocycles. The van der Waals surface area contributed by atoms with Gasteiger partial charge in [0.05, 0.1) is 11.8 Å². The first-order valence-corrected chi connectivity index (χ1v) is 29.8. The predicted octanol–water partition coefficient (Wildman–Crippen LogP) is 13.3. The molecule has 0 heterocycles. The minimum absolute atomic E-state index is 0.0175. The molecule has 14 nitrogen and oxygen atoms in total. The third-order valence-corrected chi connectivity index (χ3v) is 13.2. The predicted molar refractivity (Wildman–Crippen MR) is 290 cm³/mol. The summed E-state index contributed by atoms with van der Waals surface area (Å²) in [6, 6.07) is 0. The molecule has 14 heteroatoms. The highest BCUT2D eigenvalue weighted by Gasteiger charge is 2.20. The van der Waals surface area contributed by atoms with Crippen molar-refractivity contribution in [3.05, 3.63) is 0 Å². The number of hydrogen-bond donors (Lipinski definition) is 1. The topological polar surface area (TPSA) is 181 Å². The Hall–Kier alpha value is -3.26. The maximum atomic E-state index is 12.8. The van der Waals surface area contributed by atoms with E-state index < -0.39 is 11.8 Å². The molecule has 0 amide bonds. The normalized spacial score (nSPS) is 11.3. The van der Waals surface area contributed by atoms with E-state index in [1.807, 2.05) is 0 Å². The van der Waals surface area contributed by atoms with Gasteiger partial charge in [0.2, 0.25) is 0 Å². The fourth-order valence-corrected chi connectivity index (χ4v) is 8.35. The van der Waals surface area contributed by atoms with Crippen LogP contribution in [0.15, 0.2) is 0 Å². The molecule has 0 unspecified atom stereocenters. The Bertz CT molecular complexity index is 1180. The van der Waals surface area contributed by atoms with Crippen LogP contribution in [0.4, 0.5) is 0 Å². The number of aliphatic hydroxyl groups is 1. The number of carbonyl (C=O) groups excluding carboxylic acids is 6. The number of aliphatic hydroxyl groups excluding tert-OH is 1. The van der Waals surface area contributed by atoms with Gasteiger partial charge in [-0.15, -0.1) is 0 Å². The average molecular weight is 1040 g/mol. The second-order valence-electron chi connectivity index (χ2n) is 20.4. The third-order valence-electron chi connectivity index (χ3n) is 13.2. The summed E-state index contributed by atoms with van der Waals surface area (Å²) in [5, 5.41) is 9.17. The lowest BCUT2D eigenvalue weighted by Gasteiger charge is -2.22. The van der Waals surface area contributed by atoms with E-state index in [4.69, 9.17) is 33.5 Å². The first-order chi connectivity index (χ1) is 35.6. The lowest BCUT2D eigenvalue weighted by molar-refractivity contribution is -0.156. The summed E-state index contributed by atoms with van der Waals surface area (Å²) in [4.78, 5) is 77.9. The molecule has 73 heavy (non-hydrogen) atoms. The van der Waals surface area contributed by atoms with Gasteiger partial charge >= 0.3 is 35.8 Å². The molecule has 1 N–H and O–H groups in total. The smallest absolute Gasteiger partial charge is 0.305 e. The van der Waals surface area contributed by atoms with Crippen molar-refractivity contribution in [3.8, 4) is 0 Å². The van der Waals surface area contributed by atoms with Gasteiger partial charge in [-0.3, -0.25) is 28.8 Å². The Morgan fingerprint density at radius 3 is 0.712 bits per heavy atom. The van der Waals surface area contributed by atoms with Gasteiger partial charge in [0, 0.05) is 45.1 Å². The SMILES string of the molecule is CCCCCCCC(=O)OCC(COC(=O)CCCCCCC)COC(=O)CCCCCN(CCCCCCCO)CCCCCC(=O)OCC(COC(=O)CCCCCCC)COC(=O)CCCCCCC. The summed E-state index contributed by atoms with van der Waals surface area (Å²) in [6.07, 6.45) is 32.5. The summed E-state index contributed by atoms with van der Waals surface area (Å²) in [7, 11) is 0. The van der Waals surface area contributed by atoms with Crippen LogP contribution in [-0.4, -0.2) is 112 Å². The van der Waals surface area contributed by atoms with E-state index in [0.717, 1.165) is 206 Å². The maximum Gasteiger partial charge on any atom is 0.305 e. The molecular formula is C59H109NO13. The van der Waals surface area contributed by atoms with Crippen LogP contribution < -0.4 is 0 Å². The Kier molecular flexibility index (Phi) is 51.2. The van der Waals surface area contributed by atoms with Crippen molar-refractivity contribution in [1.29, 1.82) is 0 Å². The number of hydrogen-bond acceptors (Lipinski definition) is 14. The summed E-state index contributed by atoms with van der Waals surface area (Å²) in [5.41, 5.74) is 0. The van der Waals surface area contributed by atoms with Crippen molar-refractivity contribution in [2.45, 2.75) is 265 Å². The second-order valence-corrected chi connectivity index (χ2v) is 20.4. The quantitative estimate of drug-likeness (QED) is 0.0345. The van der Waals surface area contributed by atoms with E-state index in [2.05, 4.69) is 32.6 Å². The van der Waals surface area contributed by atoms with Crippen LogP contribution in [0.5, 0.6) is 0 Å². The van der Waals surface area contributed by atoms with Gasteiger partial charge in [-0.05, 0) is 83.8 Å². The Morgan fingerprint density at radius 2 is 0.479 bits per heavy atom. The number of carbonyl (C=O) groups is 6. The van der Waals surface area contributed by atoms with Crippen LogP contribution in [0.3, 0.4) is 0 Å². The molecule has 0 aliphatic carbocycles. The van der Waals surface area contributed by atoms with Gasteiger partial charge in [-0.25, -0.2) is 0 Å². The van der Waals surface area contributed by atoms with Crippen LogP contribution in [0.2, 0.25) is 0 Å². The zero-order valence-electron chi connectivity index (χ0n) is 47.2. The van der Waals surface area contributed by atoms with Gasteiger partial charge in [0.15, 0.2) is 0 Å². The number of esters is 6. The molecule has 0 aromatic rings. The van der Waals surface area contributed by atoms with E-state index >= 15 is 0 Å². The number of unbranched alkanes of at least 4 members (excludes halogenated alkanes) is 24. The summed E-state index contributed by atoms with van der Waals surface area (Å²) in [6.45, 7) is 11.8. The van der Waals surface area contributed by atoms with Crippen LogP contribution in [0.1, 0.15) is 265 Å². The molecule has 0 aromatic heterocycles. The van der Waals surface area contributed by atoms with Crippen molar-refractivity contribution in [1.82, 2.24) is 4.90 Å². The third kappa shape index (κ3) is 49.4. The van der Waals surface area contributed by atoms with Gasteiger partial charge in [-0.2, -0.15) is 0 Å². The van der Waals surface area contributed by atoms with Gasteiger partial charge < -0.3 is 38.4 Å². The largest absolute Gasteiger partial charge is 0.465 e. The first kappa shape index (κ1) is 69.7. The molecule has 0 aliphatic rings. The monoisotopic (exact) mass is 1040 g/mol. The summed E-state index contributed by atoms with van der Waals surface area (Å²) in [5.74, 6) is -2.63. The van der Waals surface area contributed by atoms with Gasteiger partial charge in [0.25, 0.3) is 0 Å². The van der Waals surface area contributed by atoms with Crippen molar-refractivity contribution in [2.24, 2.45) is 11.8 Å². The van der Waals surface area contributed by atoms with E-state index in [-0.39, 0.29) is 94.9 Å². The first-order valence-electron chi connectivity index (χ1n) is 29.8. The minimum atomic E-state index is -0.428. The highest BCUT2D eigenvalue weighted by molar-refractivity contribution is 5.71. The van der Waals surface area contributed by atoms with Crippen LogP contribution >= 0.6 is 0 Å². The Labute approximate surface area is 444 Å². The van der Waals surface area contributed by atoms with E-state index in [1.54, 1.807) is 0 Å². The van der Waals surface area contributed by atoms with Crippen molar-refractivity contribution in [2.75, 3.05) is 65.9 Å². The molecule has 0 radical (unpaired) electrons. The lowest BCUT2D eigenvalue weighted by atomic mass is 10.1. The Morgan fingerprint density at radius 1 is 0.288 bits per heavy atom. The fourth-order valence-electron chi connectivity index (χ4n) is 8.35. The van der Waals surface area contributed by atoms with Gasteiger partial charge in [-0.1, -0.05) is 163 Å². The summed E-state index contributed by atoms with van der Waals surface area (Å²) < 4.78 is 33.4. The molecule has 0 rings (SSSR count). The molecule has 428 valence electrons. The average Bonchev–Trinajstić information content (AvgIpc) is 3.38. The zero-order valence-corrected chi connectivity index (χ0v) is 47.2. The van der Waals surface area contributed by atoms with Crippen LogP contribution in [0, 0.1) is 11.8 Å². The van der Waals surface area contributed by atoms with Gasteiger partial charge in [0.1, 0.15) is 39.6 Å². The fraction of sp³-hybridized carbons (Fsp3) is 0.898. The molecular weight excluding hydrogens is 931 g/mol. The van der Waals surface area contributed by atoms with E-state index in [0.29, 0.717) is 38.5 Å². The summed E-state index contributed by atoms with van der Waals surface area (Å²) >= 11 is 0. The molecule has 0 bridgehead atoms. The maximum absolute atomic E-state index is 12.8. The molecule has 0 fully saturated rings. The molecule has 0 aromatic carbocycles. The van der Waals surface area contributed by atoms with Crippen LogP contribution in [0.25, 0.3) is 0 Å². The zero-order chi connectivity index (χ0) is 53.7. The second kappa shape index (κ2) is 53.6. The van der Waals surface area contributed by atoms with E-state index in [9.17, 15) is 28.8 Å².